The number of rotatable bonds is 4. The summed E-state index contributed by atoms with van der Waals surface area (Å²) in [6.07, 6.45) is 1.14. The SMILES string of the molecule is Cc1cc(C(=O)CN2CCC(c3ccccc3)C2)c(C)[nH]1. The Hall–Kier alpha value is -1.87. The lowest BCUT2D eigenvalue weighted by atomic mass is 9.99. The molecule has 3 rings (SSSR count). The minimum Gasteiger partial charge on any atom is -0.362 e. The minimum atomic E-state index is 0.227. The lowest BCUT2D eigenvalue weighted by Gasteiger charge is -2.15. The highest BCUT2D eigenvalue weighted by Crippen LogP contribution is 2.27. The number of aryl methyl sites for hydroxylation is 2. The van der Waals surface area contributed by atoms with Crippen LogP contribution in [0.25, 0.3) is 0 Å². The van der Waals surface area contributed by atoms with Crippen molar-refractivity contribution in [1.29, 1.82) is 0 Å². The van der Waals surface area contributed by atoms with Gasteiger partial charge in [0.1, 0.15) is 0 Å². The first-order chi connectivity index (χ1) is 10.1. The molecule has 1 aromatic carbocycles. The lowest BCUT2D eigenvalue weighted by Crippen LogP contribution is -2.27. The molecule has 0 aliphatic carbocycles. The van der Waals surface area contributed by atoms with Crippen LogP contribution in [0, 0.1) is 13.8 Å². The Morgan fingerprint density at radius 2 is 2.05 bits per heavy atom. The van der Waals surface area contributed by atoms with E-state index in [0.29, 0.717) is 12.5 Å². The number of Topliss-reactive ketones (excluding diaryl/α,β-unsaturated/α-hetero) is 1. The number of ketones is 1. The van der Waals surface area contributed by atoms with Gasteiger partial charge in [0.25, 0.3) is 0 Å². The van der Waals surface area contributed by atoms with Crippen molar-refractivity contribution >= 4 is 5.78 Å². The zero-order chi connectivity index (χ0) is 14.8. The summed E-state index contributed by atoms with van der Waals surface area (Å²) in [7, 11) is 0. The average Bonchev–Trinajstić information content (AvgIpc) is 3.06. The monoisotopic (exact) mass is 282 g/mol. The van der Waals surface area contributed by atoms with Crippen LogP contribution in [-0.2, 0) is 0 Å². The number of nitrogens with zero attached hydrogens (tertiary/aromatic N) is 1. The number of H-pyrrole nitrogens is 1. The summed E-state index contributed by atoms with van der Waals surface area (Å²) in [4.78, 5) is 17.9. The molecule has 1 atom stereocenters. The maximum Gasteiger partial charge on any atom is 0.178 e. The van der Waals surface area contributed by atoms with Crippen LogP contribution in [0.5, 0.6) is 0 Å². The topological polar surface area (TPSA) is 36.1 Å². The van der Waals surface area contributed by atoms with Crippen LogP contribution in [0.4, 0.5) is 0 Å². The van der Waals surface area contributed by atoms with Crippen LogP contribution in [-0.4, -0.2) is 35.3 Å². The van der Waals surface area contributed by atoms with Crippen LogP contribution < -0.4 is 0 Å². The van der Waals surface area contributed by atoms with Crippen molar-refractivity contribution in [3.63, 3.8) is 0 Å². The number of hydrogen-bond acceptors (Lipinski definition) is 2. The number of aromatic amines is 1. The van der Waals surface area contributed by atoms with Gasteiger partial charge in [-0.25, -0.2) is 0 Å². The van der Waals surface area contributed by atoms with Gasteiger partial charge in [-0.15, -0.1) is 0 Å². The van der Waals surface area contributed by atoms with Gasteiger partial charge in [-0.1, -0.05) is 30.3 Å². The largest absolute Gasteiger partial charge is 0.362 e. The first-order valence-electron chi connectivity index (χ1n) is 7.60. The molecule has 1 unspecified atom stereocenters. The van der Waals surface area contributed by atoms with Crippen LogP contribution in [0.1, 0.15) is 39.6 Å². The average molecular weight is 282 g/mol. The fraction of sp³-hybridized carbons (Fsp3) is 0.389. The third-order valence-corrected chi connectivity index (χ3v) is 4.36. The van der Waals surface area contributed by atoms with E-state index in [1.165, 1.54) is 5.56 Å². The van der Waals surface area contributed by atoms with E-state index in [2.05, 4.69) is 40.2 Å². The zero-order valence-corrected chi connectivity index (χ0v) is 12.7. The van der Waals surface area contributed by atoms with Gasteiger partial charge in [0.05, 0.1) is 6.54 Å². The molecule has 1 aliphatic heterocycles. The first kappa shape index (κ1) is 14.1. The molecule has 2 aromatic rings. The van der Waals surface area contributed by atoms with Gasteiger partial charge in [0.15, 0.2) is 5.78 Å². The number of carbonyl (C=O) groups is 1. The molecule has 21 heavy (non-hydrogen) atoms. The Morgan fingerprint density at radius 1 is 1.29 bits per heavy atom. The predicted octanol–water partition coefficient (Wildman–Crippen LogP) is 3.30. The maximum atomic E-state index is 12.4. The summed E-state index contributed by atoms with van der Waals surface area (Å²) < 4.78 is 0. The molecule has 1 aromatic heterocycles. The van der Waals surface area contributed by atoms with E-state index in [1.54, 1.807) is 0 Å². The van der Waals surface area contributed by atoms with Crippen LogP contribution >= 0.6 is 0 Å². The highest BCUT2D eigenvalue weighted by molar-refractivity contribution is 5.98. The van der Waals surface area contributed by atoms with Crippen LogP contribution in [0.15, 0.2) is 36.4 Å². The summed E-state index contributed by atoms with van der Waals surface area (Å²) in [5.74, 6) is 0.790. The number of benzene rings is 1. The van der Waals surface area contributed by atoms with Gasteiger partial charge in [-0.2, -0.15) is 0 Å². The van der Waals surface area contributed by atoms with E-state index in [-0.39, 0.29) is 5.78 Å². The summed E-state index contributed by atoms with van der Waals surface area (Å²) in [5.41, 5.74) is 4.27. The molecule has 3 heteroatoms. The second-order valence-electron chi connectivity index (χ2n) is 6.05. The molecular weight excluding hydrogens is 260 g/mol. The first-order valence-corrected chi connectivity index (χ1v) is 7.60. The molecule has 0 radical (unpaired) electrons. The molecule has 1 fully saturated rings. The molecule has 1 N–H and O–H groups in total. The quantitative estimate of drug-likeness (QED) is 0.873. The molecule has 3 nitrogen and oxygen atoms in total. The Morgan fingerprint density at radius 3 is 2.71 bits per heavy atom. The minimum absolute atomic E-state index is 0.227. The number of likely N-dealkylation sites (tertiary alicyclic amines) is 1. The Balaban J connectivity index is 1.62. The van der Waals surface area contributed by atoms with E-state index in [1.807, 2.05) is 19.9 Å². The molecule has 1 aliphatic rings. The number of nitrogens with one attached hydrogen (secondary N) is 1. The fourth-order valence-corrected chi connectivity index (χ4v) is 3.28. The molecule has 0 saturated carbocycles. The van der Waals surface area contributed by atoms with Crippen molar-refractivity contribution < 1.29 is 4.79 Å². The predicted molar refractivity (Wildman–Crippen MR) is 84.8 cm³/mol. The van der Waals surface area contributed by atoms with Gasteiger partial charge in [-0.05, 0) is 44.4 Å². The van der Waals surface area contributed by atoms with Crippen molar-refractivity contribution in [2.75, 3.05) is 19.6 Å². The normalized spacial score (nSPS) is 19.0. The van der Waals surface area contributed by atoms with Crippen molar-refractivity contribution in [1.82, 2.24) is 9.88 Å². The summed E-state index contributed by atoms with van der Waals surface area (Å²) in [6.45, 7) is 6.48. The van der Waals surface area contributed by atoms with Crippen molar-refractivity contribution in [3.05, 3.63) is 58.9 Å². The standard InChI is InChI=1S/C18H22N2O/c1-13-10-17(14(2)19-13)18(21)12-20-9-8-16(11-20)15-6-4-3-5-7-15/h3-7,10,16,19H,8-9,11-12H2,1-2H3. The van der Waals surface area contributed by atoms with E-state index in [4.69, 9.17) is 0 Å². The van der Waals surface area contributed by atoms with Crippen molar-refractivity contribution in [2.45, 2.75) is 26.2 Å². The van der Waals surface area contributed by atoms with Gasteiger partial charge in [0, 0.05) is 23.5 Å². The highest BCUT2D eigenvalue weighted by atomic mass is 16.1. The van der Waals surface area contributed by atoms with Gasteiger partial charge >= 0.3 is 0 Å². The Kier molecular flexibility index (Phi) is 3.93. The Bertz CT molecular complexity index is 630. The van der Waals surface area contributed by atoms with Gasteiger partial charge in [0.2, 0.25) is 0 Å². The number of carbonyl (C=O) groups excluding carboxylic acids is 1. The van der Waals surface area contributed by atoms with Gasteiger partial charge in [-0.3, -0.25) is 9.69 Å². The third kappa shape index (κ3) is 3.08. The van der Waals surface area contributed by atoms with Crippen LogP contribution in [0.3, 0.4) is 0 Å². The van der Waals surface area contributed by atoms with Crippen molar-refractivity contribution in [2.24, 2.45) is 0 Å². The molecule has 110 valence electrons. The van der Waals surface area contributed by atoms with E-state index >= 15 is 0 Å². The third-order valence-electron chi connectivity index (χ3n) is 4.36. The molecule has 2 heterocycles. The molecule has 0 amide bonds. The van der Waals surface area contributed by atoms with E-state index < -0.39 is 0 Å². The fourth-order valence-electron chi connectivity index (χ4n) is 3.28. The maximum absolute atomic E-state index is 12.4. The molecule has 0 bridgehead atoms. The summed E-state index contributed by atoms with van der Waals surface area (Å²) >= 11 is 0. The lowest BCUT2D eigenvalue weighted by molar-refractivity contribution is 0.0944. The number of aromatic nitrogens is 1. The summed E-state index contributed by atoms with van der Waals surface area (Å²) in [5, 5.41) is 0. The van der Waals surface area contributed by atoms with Crippen molar-refractivity contribution in [3.8, 4) is 0 Å². The van der Waals surface area contributed by atoms with Gasteiger partial charge < -0.3 is 4.98 Å². The zero-order valence-electron chi connectivity index (χ0n) is 12.7. The molecule has 1 saturated heterocycles. The Labute approximate surface area is 126 Å². The molecule has 0 spiro atoms. The number of hydrogen-bond donors (Lipinski definition) is 1. The molecular formula is C18H22N2O. The van der Waals surface area contributed by atoms with E-state index in [9.17, 15) is 4.79 Å². The van der Waals surface area contributed by atoms with E-state index in [0.717, 1.165) is 36.5 Å². The van der Waals surface area contributed by atoms with Crippen LogP contribution in [0.2, 0.25) is 0 Å². The second kappa shape index (κ2) is 5.86. The highest BCUT2D eigenvalue weighted by Gasteiger charge is 2.26. The second-order valence-corrected chi connectivity index (χ2v) is 6.05. The summed E-state index contributed by atoms with van der Waals surface area (Å²) in [6, 6.07) is 12.6. The smallest absolute Gasteiger partial charge is 0.178 e.